The van der Waals surface area contributed by atoms with Crippen molar-refractivity contribution < 1.29 is 14.2 Å². The maximum atomic E-state index is 5.91. The number of hydrogen-bond donors (Lipinski definition) is 0. The third kappa shape index (κ3) is 21.8. The fraction of sp³-hybridized carbons (Fsp3) is 0.613. The van der Waals surface area contributed by atoms with Crippen molar-refractivity contribution in [3.63, 3.8) is 0 Å². The molecule has 3 aliphatic rings. The lowest BCUT2D eigenvalue weighted by Gasteiger charge is -2.34. The molecular weight excluding hydrogens is 835 g/mol. The van der Waals surface area contributed by atoms with Crippen molar-refractivity contribution in [3.05, 3.63) is 114 Å². The first-order valence-electron chi connectivity index (χ1n) is 27.4. The zero-order valence-electron chi connectivity index (χ0n) is 44.3. The van der Waals surface area contributed by atoms with Gasteiger partial charge in [-0.1, -0.05) is 135 Å². The number of nitrogens with zero attached hydrogens (tertiary/aromatic N) is 3. The summed E-state index contributed by atoms with van der Waals surface area (Å²) in [4.78, 5) is 7.81. The second kappa shape index (κ2) is 31.4. The molecule has 6 atom stereocenters. The summed E-state index contributed by atoms with van der Waals surface area (Å²) in [6.07, 6.45) is 14.9. The number of piperidine rings is 3. The van der Waals surface area contributed by atoms with Gasteiger partial charge in [0.25, 0.3) is 0 Å². The summed E-state index contributed by atoms with van der Waals surface area (Å²) in [5, 5.41) is 0. The van der Waals surface area contributed by atoms with E-state index in [0.29, 0.717) is 0 Å². The average Bonchev–Trinajstić information content (AvgIpc) is 3.32. The molecule has 0 amide bonds. The third-order valence-corrected chi connectivity index (χ3v) is 13.9. The van der Waals surface area contributed by atoms with E-state index in [1.807, 2.05) is 6.07 Å². The van der Waals surface area contributed by atoms with Gasteiger partial charge < -0.3 is 28.9 Å². The number of likely N-dealkylation sites (tertiary alicyclic amines) is 3. The Bertz CT molecular complexity index is 1760. The lowest BCUT2D eigenvalue weighted by atomic mass is 9.92. The fourth-order valence-corrected chi connectivity index (χ4v) is 11.0. The van der Waals surface area contributed by atoms with Gasteiger partial charge in [-0.3, -0.25) is 0 Å². The average molecular weight is 930 g/mol. The summed E-state index contributed by atoms with van der Waals surface area (Å²) in [6.45, 7) is 32.2. The zero-order chi connectivity index (χ0) is 48.4. The molecule has 6 heteroatoms. The van der Waals surface area contributed by atoms with Crippen LogP contribution in [0.4, 0.5) is 0 Å². The predicted molar refractivity (Wildman–Crippen MR) is 290 cm³/mol. The molecule has 0 aliphatic carbocycles. The Morgan fingerprint density at radius 1 is 0.368 bits per heavy atom. The molecule has 3 fully saturated rings. The van der Waals surface area contributed by atoms with Crippen LogP contribution in [-0.4, -0.2) is 93.4 Å². The molecule has 4 aromatic carbocycles. The Morgan fingerprint density at radius 2 is 0.662 bits per heavy atom. The highest BCUT2D eigenvalue weighted by molar-refractivity contribution is 5.63. The minimum Gasteiger partial charge on any atom is -0.494 e. The van der Waals surface area contributed by atoms with Gasteiger partial charge in [0.15, 0.2) is 0 Å². The molecule has 68 heavy (non-hydrogen) atoms. The van der Waals surface area contributed by atoms with Gasteiger partial charge in [0.05, 0.1) is 19.8 Å². The molecular formula is C62H95N3O3. The Labute approximate surface area is 416 Å². The fourth-order valence-electron chi connectivity index (χ4n) is 11.0. The SMILES string of the molecule is CCCCc1ccc(OCCCN2C[C@@H](C)C[C@H](C)C2)cc1.CCCCc1ccc(OCCCN2C[C@H](C)C[C@H](C)C2)cc1.C[C@H]1C[C@H](C)CN(CCCOc2ccc(-c3ccccc3)cc2)C1. The molecule has 3 aliphatic heterocycles. The first-order valence-corrected chi connectivity index (χ1v) is 27.4. The van der Waals surface area contributed by atoms with E-state index in [-0.39, 0.29) is 0 Å². The van der Waals surface area contributed by atoms with Crippen LogP contribution in [0, 0.1) is 35.5 Å². The molecule has 6 nitrogen and oxygen atoms in total. The van der Waals surface area contributed by atoms with E-state index in [9.17, 15) is 0 Å². The highest BCUT2D eigenvalue weighted by Crippen LogP contribution is 2.25. The van der Waals surface area contributed by atoms with Gasteiger partial charge in [0.1, 0.15) is 17.2 Å². The Hall–Kier alpha value is -3.84. The van der Waals surface area contributed by atoms with Crippen LogP contribution < -0.4 is 14.2 Å². The molecule has 0 N–H and O–H groups in total. The van der Waals surface area contributed by atoms with Gasteiger partial charge in [-0.05, 0) is 158 Å². The summed E-state index contributed by atoms with van der Waals surface area (Å²) in [5.41, 5.74) is 5.33. The van der Waals surface area contributed by atoms with Gasteiger partial charge in [-0.25, -0.2) is 0 Å². The summed E-state index contributed by atoms with van der Waals surface area (Å²) >= 11 is 0. The molecule has 0 aromatic heterocycles. The molecule has 376 valence electrons. The lowest BCUT2D eigenvalue weighted by Crippen LogP contribution is -2.39. The number of unbranched alkanes of at least 4 members (excludes halogenated alkanes) is 2. The van der Waals surface area contributed by atoms with Crippen molar-refractivity contribution in [3.8, 4) is 28.4 Å². The Kier molecular flexibility index (Phi) is 25.4. The predicted octanol–water partition coefficient (Wildman–Crippen LogP) is 14.7. The van der Waals surface area contributed by atoms with Crippen molar-refractivity contribution in [1.29, 1.82) is 0 Å². The van der Waals surface area contributed by atoms with Crippen LogP contribution in [0.25, 0.3) is 11.1 Å². The van der Waals surface area contributed by atoms with Gasteiger partial charge in [0, 0.05) is 58.9 Å². The topological polar surface area (TPSA) is 37.4 Å². The van der Waals surface area contributed by atoms with Crippen LogP contribution in [0.15, 0.2) is 103 Å². The Balaban J connectivity index is 0.000000191. The molecule has 7 rings (SSSR count). The quantitative estimate of drug-likeness (QED) is 0.0731. The van der Waals surface area contributed by atoms with Crippen molar-refractivity contribution >= 4 is 0 Å². The lowest BCUT2D eigenvalue weighted by molar-refractivity contribution is 0.132. The van der Waals surface area contributed by atoms with Crippen LogP contribution >= 0.6 is 0 Å². The van der Waals surface area contributed by atoms with Crippen LogP contribution in [0.5, 0.6) is 17.2 Å². The first kappa shape index (κ1) is 55.1. The van der Waals surface area contributed by atoms with Crippen LogP contribution in [0.3, 0.4) is 0 Å². The highest BCUT2D eigenvalue weighted by atomic mass is 16.5. The highest BCUT2D eigenvalue weighted by Gasteiger charge is 2.23. The molecule has 4 aromatic rings. The van der Waals surface area contributed by atoms with E-state index < -0.39 is 0 Å². The minimum atomic E-state index is 0.796. The minimum absolute atomic E-state index is 0.796. The number of hydrogen-bond acceptors (Lipinski definition) is 6. The van der Waals surface area contributed by atoms with Gasteiger partial charge in [-0.2, -0.15) is 0 Å². The van der Waals surface area contributed by atoms with E-state index >= 15 is 0 Å². The summed E-state index contributed by atoms with van der Waals surface area (Å²) in [7, 11) is 0. The van der Waals surface area contributed by atoms with Crippen molar-refractivity contribution in [2.45, 2.75) is 132 Å². The van der Waals surface area contributed by atoms with Gasteiger partial charge in [-0.15, -0.1) is 0 Å². The second-order valence-corrected chi connectivity index (χ2v) is 21.6. The molecule has 0 bridgehead atoms. The maximum absolute atomic E-state index is 5.91. The molecule has 0 spiro atoms. The van der Waals surface area contributed by atoms with E-state index in [4.69, 9.17) is 14.2 Å². The number of aryl methyl sites for hydroxylation is 2. The first-order chi connectivity index (χ1) is 33.0. The molecule has 3 saturated heterocycles. The van der Waals surface area contributed by atoms with Gasteiger partial charge in [0.2, 0.25) is 0 Å². The number of ether oxygens (including phenoxy) is 3. The van der Waals surface area contributed by atoms with Crippen molar-refractivity contribution in [1.82, 2.24) is 14.7 Å². The molecule has 0 radical (unpaired) electrons. The summed E-state index contributed by atoms with van der Waals surface area (Å²) in [6, 6.07) is 36.2. The van der Waals surface area contributed by atoms with E-state index in [2.05, 4.69) is 167 Å². The van der Waals surface area contributed by atoms with E-state index in [1.54, 1.807) is 0 Å². The van der Waals surface area contributed by atoms with E-state index in [1.165, 1.54) is 132 Å². The van der Waals surface area contributed by atoms with Crippen molar-refractivity contribution in [2.75, 3.05) is 78.7 Å². The largest absolute Gasteiger partial charge is 0.494 e. The summed E-state index contributed by atoms with van der Waals surface area (Å²) in [5.74, 6) is 8.05. The smallest absolute Gasteiger partial charge is 0.119 e. The van der Waals surface area contributed by atoms with Gasteiger partial charge >= 0.3 is 0 Å². The van der Waals surface area contributed by atoms with Crippen LogP contribution in [-0.2, 0) is 12.8 Å². The second-order valence-electron chi connectivity index (χ2n) is 21.6. The summed E-state index contributed by atoms with van der Waals surface area (Å²) < 4.78 is 17.7. The van der Waals surface area contributed by atoms with Crippen LogP contribution in [0.2, 0.25) is 0 Å². The maximum Gasteiger partial charge on any atom is 0.119 e. The third-order valence-electron chi connectivity index (χ3n) is 13.9. The van der Waals surface area contributed by atoms with Crippen molar-refractivity contribution in [2.24, 2.45) is 35.5 Å². The number of rotatable bonds is 22. The Morgan fingerprint density at radius 3 is 0.971 bits per heavy atom. The monoisotopic (exact) mass is 930 g/mol. The normalized spacial score (nSPS) is 22.3. The molecule has 0 saturated carbocycles. The number of benzene rings is 4. The van der Waals surface area contributed by atoms with Crippen LogP contribution in [0.1, 0.15) is 131 Å². The zero-order valence-corrected chi connectivity index (χ0v) is 44.3. The molecule has 3 heterocycles. The molecule has 0 unspecified atom stereocenters. The van der Waals surface area contributed by atoms with E-state index in [0.717, 1.165) is 98.4 Å². The standard InChI is InChI=1S/C22H29NO.2C20H33NO/c1-18-15-19(2)17-23(16-18)13-6-14-24-22-11-9-21(10-12-22)20-7-4-3-5-8-20;2*1-4-5-7-19-8-10-20(11-9-19)22-13-6-12-21-15-17(2)14-18(3)16-21/h3-5,7-12,18-19H,6,13-17H2,1-2H3;2*8-11,17-18H,4-7,12-16H2,1-3H3/t18-,19-;17-,18+;17-,18-/m0.0/s1.